The van der Waals surface area contributed by atoms with Gasteiger partial charge in [-0.2, -0.15) is 5.10 Å². The molecule has 0 bridgehead atoms. The van der Waals surface area contributed by atoms with Gasteiger partial charge in [0.15, 0.2) is 5.03 Å². The average Bonchev–Trinajstić information content (AvgIpc) is 3.06. The summed E-state index contributed by atoms with van der Waals surface area (Å²) in [7, 11) is -1.83. The average molecular weight is 294 g/mol. The number of aryl methyl sites for hydroxylation is 1. The second-order valence-electron chi connectivity index (χ2n) is 4.40. The summed E-state index contributed by atoms with van der Waals surface area (Å²) in [5.41, 5.74) is 0.919. The molecule has 0 spiro atoms. The number of hydrogen-bond acceptors (Lipinski definition) is 4. The maximum atomic E-state index is 12.0. The fraction of sp³-hybridized carbons (Fsp3) is 0.273. The van der Waals surface area contributed by atoms with Crippen LogP contribution in [-0.4, -0.2) is 38.7 Å². The van der Waals surface area contributed by atoms with Crippen LogP contribution in [0.4, 0.5) is 0 Å². The second kappa shape index (κ2) is 4.76. The zero-order chi connectivity index (χ0) is 14.2. The minimum atomic E-state index is -3.55. The lowest BCUT2D eigenvalue weighted by molar-refractivity contribution is 0.571. The van der Waals surface area contributed by atoms with Crippen molar-refractivity contribution in [2.75, 3.05) is 6.54 Å². The van der Waals surface area contributed by atoms with E-state index in [-0.39, 0.29) is 11.6 Å². The van der Waals surface area contributed by atoms with Crippen molar-refractivity contribution in [3.05, 3.63) is 37.2 Å². The van der Waals surface area contributed by atoms with E-state index in [1.54, 1.807) is 22.3 Å². The van der Waals surface area contributed by atoms with E-state index in [4.69, 9.17) is 0 Å². The summed E-state index contributed by atoms with van der Waals surface area (Å²) in [5.74, 6) is 0. The molecule has 3 aromatic rings. The van der Waals surface area contributed by atoms with E-state index >= 15 is 0 Å². The van der Waals surface area contributed by atoms with E-state index in [2.05, 4.69) is 14.8 Å². The Bertz CT molecular complexity index is 828. The number of fused-ring (bicyclic) bond motifs is 1. The summed E-state index contributed by atoms with van der Waals surface area (Å²) in [4.78, 5) is 3.84. The largest absolute Gasteiger partial charge is 0.339 e. The highest BCUT2D eigenvalue weighted by Gasteiger charge is 2.16. The molecule has 0 unspecified atom stereocenters. The molecule has 9 heteroatoms. The first kappa shape index (κ1) is 12.9. The number of nitrogens with zero attached hydrogens (tertiary/aromatic N) is 5. The maximum Gasteiger partial charge on any atom is 0.259 e. The van der Waals surface area contributed by atoms with Crippen molar-refractivity contribution in [3.63, 3.8) is 0 Å². The molecule has 0 atom stereocenters. The molecule has 0 aliphatic rings. The fourth-order valence-corrected chi connectivity index (χ4v) is 2.96. The molecule has 0 aromatic carbocycles. The summed E-state index contributed by atoms with van der Waals surface area (Å²) in [6.07, 6.45) is 8.30. The normalized spacial score (nSPS) is 12.2. The SMILES string of the molecule is Cn1cnc(S(=O)(=O)NCCn2ccn3nccc23)c1. The molecule has 8 nitrogen and oxygen atoms in total. The number of nitrogens with one attached hydrogen (secondary N) is 1. The first-order valence-electron chi connectivity index (χ1n) is 6.02. The van der Waals surface area contributed by atoms with Crippen LogP contribution in [0.15, 0.2) is 42.2 Å². The third-order valence-electron chi connectivity index (χ3n) is 2.93. The van der Waals surface area contributed by atoms with Crippen molar-refractivity contribution in [1.29, 1.82) is 0 Å². The van der Waals surface area contributed by atoms with Crippen LogP contribution in [0.2, 0.25) is 0 Å². The minimum absolute atomic E-state index is 0.0296. The molecular formula is C11H14N6O2S. The number of hydrogen-bond donors (Lipinski definition) is 1. The second-order valence-corrected chi connectivity index (χ2v) is 6.11. The van der Waals surface area contributed by atoms with Crippen molar-refractivity contribution < 1.29 is 8.42 Å². The lowest BCUT2D eigenvalue weighted by Crippen LogP contribution is -2.27. The van der Waals surface area contributed by atoms with Crippen molar-refractivity contribution in [3.8, 4) is 0 Å². The van der Waals surface area contributed by atoms with Crippen LogP contribution in [0, 0.1) is 0 Å². The third kappa shape index (κ3) is 2.32. The van der Waals surface area contributed by atoms with Gasteiger partial charge in [-0.25, -0.2) is 22.6 Å². The molecule has 0 saturated heterocycles. The van der Waals surface area contributed by atoms with Crippen LogP contribution in [0.1, 0.15) is 0 Å². The number of rotatable bonds is 5. The van der Waals surface area contributed by atoms with E-state index < -0.39 is 10.0 Å². The van der Waals surface area contributed by atoms with E-state index in [0.717, 1.165) is 5.65 Å². The molecule has 0 fully saturated rings. The highest BCUT2D eigenvalue weighted by molar-refractivity contribution is 7.89. The van der Waals surface area contributed by atoms with Gasteiger partial charge >= 0.3 is 0 Å². The van der Waals surface area contributed by atoms with Gasteiger partial charge in [-0.05, 0) is 0 Å². The highest BCUT2D eigenvalue weighted by Crippen LogP contribution is 2.05. The van der Waals surface area contributed by atoms with Crippen molar-refractivity contribution in [2.24, 2.45) is 7.05 Å². The Morgan fingerprint density at radius 1 is 1.35 bits per heavy atom. The summed E-state index contributed by atoms with van der Waals surface area (Å²) < 4.78 is 31.7. The Morgan fingerprint density at radius 2 is 2.20 bits per heavy atom. The Hall–Kier alpha value is -2.13. The Morgan fingerprint density at radius 3 is 2.95 bits per heavy atom. The van der Waals surface area contributed by atoms with Gasteiger partial charge in [-0.3, -0.25) is 0 Å². The molecule has 1 N–H and O–H groups in total. The summed E-state index contributed by atoms with van der Waals surface area (Å²) >= 11 is 0. The first-order chi connectivity index (χ1) is 9.56. The number of sulfonamides is 1. The van der Waals surface area contributed by atoms with Crippen LogP contribution in [0.5, 0.6) is 0 Å². The third-order valence-corrected chi connectivity index (χ3v) is 4.28. The predicted molar refractivity (Wildman–Crippen MR) is 71.6 cm³/mol. The van der Waals surface area contributed by atoms with E-state index in [0.29, 0.717) is 6.54 Å². The predicted octanol–water partition coefficient (Wildman–Crippen LogP) is -0.152. The van der Waals surface area contributed by atoms with E-state index in [9.17, 15) is 8.42 Å². The smallest absolute Gasteiger partial charge is 0.259 e. The molecule has 0 radical (unpaired) electrons. The fourth-order valence-electron chi connectivity index (χ4n) is 1.96. The van der Waals surface area contributed by atoms with Crippen molar-refractivity contribution in [1.82, 2.24) is 28.5 Å². The van der Waals surface area contributed by atoms with Gasteiger partial charge in [0, 0.05) is 44.8 Å². The zero-order valence-electron chi connectivity index (χ0n) is 10.8. The van der Waals surface area contributed by atoms with Crippen LogP contribution in [-0.2, 0) is 23.6 Å². The lowest BCUT2D eigenvalue weighted by Gasteiger charge is -2.05. The Balaban J connectivity index is 1.67. The van der Waals surface area contributed by atoms with Crippen molar-refractivity contribution >= 4 is 15.7 Å². The lowest BCUT2D eigenvalue weighted by atomic mass is 10.6. The monoisotopic (exact) mass is 294 g/mol. The zero-order valence-corrected chi connectivity index (χ0v) is 11.7. The van der Waals surface area contributed by atoms with E-state index in [1.165, 1.54) is 12.5 Å². The number of aromatic nitrogens is 5. The topological polar surface area (TPSA) is 86.2 Å². The molecule has 0 saturated carbocycles. The van der Waals surface area contributed by atoms with Gasteiger partial charge in [0.05, 0.1) is 12.5 Å². The van der Waals surface area contributed by atoms with Gasteiger partial charge in [0.2, 0.25) is 0 Å². The minimum Gasteiger partial charge on any atom is -0.339 e. The molecule has 20 heavy (non-hydrogen) atoms. The summed E-state index contributed by atoms with van der Waals surface area (Å²) in [5, 5.41) is 4.12. The molecule has 0 aliphatic heterocycles. The van der Waals surface area contributed by atoms with Crippen LogP contribution in [0.3, 0.4) is 0 Å². The first-order valence-corrected chi connectivity index (χ1v) is 7.51. The van der Waals surface area contributed by atoms with Gasteiger partial charge in [-0.1, -0.05) is 0 Å². The van der Waals surface area contributed by atoms with E-state index in [1.807, 2.05) is 23.0 Å². The highest BCUT2D eigenvalue weighted by atomic mass is 32.2. The molecule has 0 amide bonds. The maximum absolute atomic E-state index is 12.0. The standard InChI is InChI=1S/C11H14N6O2S/c1-15-8-10(12-9-15)20(18,19)14-4-5-16-6-7-17-11(16)2-3-13-17/h2-3,6-9,14H,4-5H2,1H3. The summed E-state index contributed by atoms with van der Waals surface area (Å²) in [6.45, 7) is 0.808. The van der Waals surface area contributed by atoms with Crippen LogP contribution >= 0.6 is 0 Å². The van der Waals surface area contributed by atoms with Gasteiger partial charge in [0.1, 0.15) is 5.65 Å². The molecule has 0 aliphatic carbocycles. The number of imidazole rings is 2. The van der Waals surface area contributed by atoms with Gasteiger partial charge in [0.25, 0.3) is 10.0 Å². The quantitative estimate of drug-likeness (QED) is 0.709. The Kier molecular flexibility index (Phi) is 3.07. The van der Waals surface area contributed by atoms with Gasteiger partial charge in [-0.15, -0.1) is 0 Å². The van der Waals surface area contributed by atoms with Gasteiger partial charge < -0.3 is 9.13 Å². The van der Waals surface area contributed by atoms with Crippen LogP contribution < -0.4 is 4.72 Å². The molecule has 3 rings (SSSR count). The Labute approximate surface area is 115 Å². The molecule has 3 aromatic heterocycles. The summed E-state index contributed by atoms with van der Waals surface area (Å²) in [6, 6.07) is 1.87. The van der Waals surface area contributed by atoms with Crippen LogP contribution in [0.25, 0.3) is 5.65 Å². The molecular weight excluding hydrogens is 280 g/mol. The molecule has 3 heterocycles. The molecule has 106 valence electrons. The van der Waals surface area contributed by atoms with Crippen molar-refractivity contribution in [2.45, 2.75) is 11.6 Å².